The predicted molar refractivity (Wildman–Crippen MR) is 144 cm³/mol. The molecule has 1 heterocycles. The van der Waals surface area contributed by atoms with Crippen molar-refractivity contribution in [3.63, 3.8) is 0 Å². The Hall–Kier alpha value is -4.47. The summed E-state index contributed by atoms with van der Waals surface area (Å²) in [6.07, 6.45) is 11.3. The Morgan fingerprint density at radius 3 is 2.42 bits per heavy atom. The molecule has 3 rings (SSSR count). The molecule has 0 saturated heterocycles. The van der Waals surface area contributed by atoms with Crippen LogP contribution in [0.4, 0.5) is 5.69 Å². The van der Waals surface area contributed by atoms with E-state index in [0.29, 0.717) is 0 Å². The number of benzene rings is 1. The van der Waals surface area contributed by atoms with Crippen molar-refractivity contribution in [2.24, 2.45) is 11.1 Å². The van der Waals surface area contributed by atoms with E-state index >= 15 is 0 Å². The fraction of sp³-hybridized carbons (Fsp3) is 0.300. The highest BCUT2D eigenvalue weighted by Crippen LogP contribution is 2.39. The molecule has 36 heavy (non-hydrogen) atoms. The molecular formula is C30H31N5O. The lowest BCUT2D eigenvalue weighted by Crippen LogP contribution is -2.21. The van der Waals surface area contributed by atoms with Crippen molar-refractivity contribution in [2.45, 2.75) is 40.5 Å². The van der Waals surface area contributed by atoms with Crippen molar-refractivity contribution < 1.29 is 4.42 Å². The minimum absolute atomic E-state index is 0.0271. The highest BCUT2D eigenvalue weighted by molar-refractivity contribution is 5.83. The third kappa shape index (κ3) is 6.15. The second-order valence-corrected chi connectivity index (χ2v) is 9.56. The average Bonchev–Trinajstić information content (AvgIpc) is 3.26. The molecule has 0 radical (unpaired) electrons. The van der Waals surface area contributed by atoms with Crippen LogP contribution in [0, 0.1) is 39.4 Å². The molecule has 1 aliphatic rings. The molecule has 1 aromatic carbocycles. The van der Waals surface area contributed by atoms with Crippen molar-refractivity contribution in [3.05, 3.63) is 82.3 Å². The maximum Gasteiger partial charge on any atom is 0.153 e. The van der Waals surface area contributed by atoms with Crippen molar-refractivity contribution in [1.82, 2.24) is 0 Å². The van der Waals surface area contributed by atoms with Gasteiger partial charge < -0.3 is 15.1 Å². The van der Waals surface area contributed by atoms with E-state index in [-0.39, 0.29) is 22.3 Å². The zero-order valence-corrected chi connectivity index (χ0v) is 21.3. The molecular weight excluding hydrogens is 446 g/mol. The SMILES string of the molecule is CCN(CC)c1ccc2cc(/C=C/C3=CC(=C\C=C(/C#N)C(N)=C(C#N)C#N)/CC(C)(C)C3)oc2c1. The fourth-order valence-corrected chi connectivity index (χ4v) is 4.48. The van der Waals surface area contributed by atoms with Crippen LogP contribution in [0.3, 0.4) is 0 Å². The molecule has 2 aromatic rings. The summed E-state index contributed by atoms with van der Waals surface area (Å²) < 4.78 is 6.11. The second kappa shape index (κ2) is 11.3. The number of anilines is 1. The van der Waals surface area contributed by atoms with E-state index in [2.05, 4.69) is 62.9 Å². The first kappa shape index (κ1) is 26.1. The van der Waals surface area contributed by atoms with Crippen molar-refractivity contribution in [3.8, 4) is 18.2 Å². The Morgan fingerprint density at radius 2 is 1.78 bits per heavy atom. The van der Waals surface area contributed by atoms with Gasteiger partial charge in [-0.2, -0.15) is 15.8 Å². The maximum absolute atomic E-state index is 9.45. The van der Waals surface area contributed by atoms with Crippen LogP contribution in [0.1, 0.15) is 46.3 Å². The molecule has 0 saturated carbocycles. The first-order valence-corrected chi connectivity index (χ1v) is 12.0. The highest BCUT2D eigenvalue weighted by atomic mass is 16.3. The van der Waals surface area contributed by atoms with Gasteiger partial charge in [0.2, 0.25) is 0 Å². The number of furan rings is 1. The van der Waals surface area contributed by atoms with E-state index in [1.165, 1.54) is 0 Å². The first-order valence-electron chi connectivity index (χ1n) is 12.0. The van der Waals surface area contributed by atoms with E-state index < -0.39 is 0 Å². The monoisotopic (exact) mass is 477 g/mol. The van der Waals surface area contributed by atoms with Crippen LogP contribution in [0.15, 0.2) is 81.0 Å². The molecule has 0 bridgehead atoms. The third-order valence-corrected chi connectivity index (χ3v) is 6.22. The molecule has 0 unspecified atom stereocenters. The Kier molecular flexibility index (Phi) is 8.21. The van der Waals surface area contributed by atoms with Gasteiger partial charge in [-0.05, 0) is 73.6 Å². The number of nitrogens with two attached hydrogens (primary N) is 1. The second-order valence-electron chi connectivity index (χ2n) is 9.56. The topological polar surface area (TPSA) is 114 Å². The summed E-state index contributed by atoms with van der Waals surface area (Å²) in [5, 5.41) is 28.6. The number of rotatable bonds is 7. The largest absolute Gasteiger partial charge is 0.457 e. The molecule has 182 valence electrons. The van der Waals surface area contributed by atoms with E-state index in [1.54, 1.807) is 18.2 Å². The van der Waals surface area contributed by atoms with E-state index in [9.17, 15) is 5.26 Å². The van der Waals surface area contributed by atoms with Crippen LogP contribution >= 0.6 is 0 Å². The smallest absolute Gasteiger partial charge is 0.153 e. The summed E-state index contributed by atoms with van der Waals surface area (Å²) in [4.78, 5) is 2.29. The van der Waals surface area contributed by atoms with Gasteiger partial charge in [0.05, 0.1) is 11.3 Å². The molecule has 0 atom stereocenters. The van der Waals surface area contributed by atoms with Gasteiger partial charge in [-0.3, -0.25) is 0 Å². The minimum atomic E-state index is -0.264. The molecule has 0 aliphatic heterocycles. The third-order valence-electron chi connectivity index (χ3n) is 6.22. The molecule has 0 fully saturated rings. The van der Waals surface area contributed by atoms with Gasteiger partial charge in [-0.1, -0.05) is 32.1 Å². The molecule has 1 aliphatic carbocycles. The van der Waals surface area contributed by atoms with Crippen LogP contribution in [-0.2, 0) is 0 Å². The van der Waals surface area contributed by atoms with Gasteiger partial charge in [-0.25, -0.2) is 0 Å². The number of nitrogens with zero attached hydrogens (tertiary/aromatic N) is 4. The lowest BCUT2D eigenvalue weighted by Gasteiger charge is -2.30. The lowest BCUT2D eigenvalue weighted by molar-refractivity contribution is 0.355. The van der Waals surface area contributed by atoms with Crippen molar-refractivity contribution >= 4 is 22.7 Å². The van der Waals surface area contributed by atoms with Crippen LogP contribution in [0.25, 0.3) is 17.0 Å². The normalized spacial score (nSPS) is 16.3. The Bertz CT molecular complexity index is 1400. The van der Waals surface area contributed by atoms with Gasteiger partial charge >= 0.3 is 0 Å². The molecule has 2 N–H and O–H groups in total. The molecule has 1 aromatic heterocycles. The summed E-state index contributed by atoms with van der Waals surface area (Å²) in [6.45, 7) is 10.6. The summed E-state index contributed by atoms with van der Waals surface area (Å²) in [5.74, 6) is 0.793. The summed E-state index contributed by atoms with van der Waals surface area (Å²) in [6, 6.07) is 13.8. The standard InChI is InChI=1S/C30H31N5O/c1-5-35(6-2)26-11-10-23-14-27(36-28(23)15-26)12-8-22-13-21(16-30(3,4)17-22)7-9-24(18-31)29(34)25(19-32)20-33/h7-15H,5-6,16-17,34H2,1-4H3/b12-8+,21-7+,24-9+. The number of hydrogen-bond acceptors (Lipinski definition) is 6. The van der Waals surface area contributed by atoms with Crippen LogP contribution in [0.5, 0.6) is 0 Å². The summed E-state index contributed by atoms with van der Waals surface area (Å²) in [7, 11) is 0. The van der Waals surface area contributed by atoms with Crippen LogP contribution in [0.2, 0.25) is 0 Å². The molecule has 0 amide bonds. The summed E-state index contributed by atoms with van der Waals surface area (Å²) >= 11 is 0. The maximum atomic E-state index is 9.45. The van der Waals surface area contributed by atoms with Gasteiger partial charge in [0.1, 0.15) is 29.6 Å². The Morgan fingerprint density at radius 1 is 1.06 bits per heavy atom. The van der Waals surface area contributed by atoms with E-state index in [4.69, 9.17) is 20.7 Å². The number of hydrogen-bond donors (Lipinski definition) is 1. The van der Waals surface area contributed by atoms with E-state index in [0.717, 1.165) is 59.5 Å². The number of fused-ring (bicyclic) bond motifs is 1. The first-order chi connectivity index (χ1) is 17.2. The van der Waals surface area contributed by atoms with Crippen molar-refractivity contribution in [1.29, 1.82) is 15.8 Å². The van der Waals surface area contributed by atoms with E-state index in [1.807, 2.05) is 24.3 Å². The molecule has 6 heteroatoms. The quantitative estimate of drug-likeness (QED) is 0.352. The van der Waals surface area contributed by atoms with Gasteiger partial charge in [-0.15, -0.1) is 0 Å². The van der Waals surface area contributed by atoms with Crippen LogP contribution < -0.4 is 10.6 Å². The highest BCUT2D eigenvalue weighted by Gasteiger charge is 2.24. The number of nitriles is 3. The molecule has 0 spiro atoms. The zero-order chi connectivity index (χ0) is 26.3. The van der Waals surface area contributed by atoms with Crippen molar-refractivity contribution in [2.75, 3.05) is 18.0 Å². The average molecular weight is 478 g/mol. The fourth-order valence-electron chi connectivity index (χ4n) is 4.48. The lowest BCUT2D eigenvalue weighted by atomic mass is 9.75. The Labute approximate surface area is 213 Å². The Balaban J connectivity index is 1.90. The van der Waals surface area contributed by atoms with Gasteiger partial charge in [0.15, 0.2) is 5.57 Å². The number of allylic oxidation sites excluding steroid dienone is 8. The minimum Gasteiger partial charge on any atom is -0.457 e. The molecule has 6 nitrogen and oxygen atoms in total. The summed E-state index contributed by atoms with van der Waals surface area (Å²) in [5.41, 5.74) is 9.81. The van der Waals surface area contributed by atoms with Crippen LogP contribution in [-0.4, -0.2) is 13.1 Å². The van der Waals surface area contributed by atoms with Gasteiger partial charge in [0.25, 0.3) is 0 Å². The predicted octanol–water partition coefficient (Wildman–Crippen LogP) is 6.67. The van der Waals surface area contributed by atoms with Gasteiger partial charge in [0, 0.05) is 30.2 Å². The zero-order valence-electron chi connectivity index (χ0n) is 21.3.